The SMILES string of the molecule is CCN(C(=O)COC1CCC(O)CC1)C1CC1. The van der Waals surface area contributed by atoms with Gasteiger partial charge < -0.3 is 14.7 Å². The average Bonchev–Trinajstić information content (AvgIpc) is 3.14. The van der Waals surface area contributed by atoms with E-state index in [2.05, 4.69) is 0 Å². The second-order valence-electron chi connectivity index (χ2n) is 5.15. The van der Waals surface area contributed by atoms with Crippen molar-refractivity contribution < 1.29 is 14.6 Å². The summed E-state index contributed by atoms with van der Waals surface area (Å²) in [6.45, 7) is 3.02. The van der Waals surface area contributed by atoms with Crippen molar-refractivity contribution in [3.8, 4) is 0 Å². The van der Waals surface area contributed by atoms with Crippen LogP contribution in [0.5, 0.6) is 0 Å². The van der Waals surface area contributed by atoms with Crippen LogP contribution in [0, 0.1) is 0 Å². The van der Waals surface area contributed by atoms with Crippen LogP contribution in [0.2, 0.25) is 0 Å². The molecule has 0 aromatic rings. The topological polar surface area (TPSA) is 49.8 Å². The number of hydrogen-bond acceptors (Lipinski definition) is 3. The van der Waals surface area contributed by atoms with E-state index in [0.29, 0.717) is 6.04 Å². The maximum absolute atomic E-state index is 11.9. The molecule has 0 aromatic carbocycles. The van der Waals surface area contributed by atoms with Gasteiger partial charge in [-0.1, -0.05) is 0 Å². The Labute approximate surface area is 103 Å². The second-order valence-corrected chi connectivity index (χ2v) is 5.15. The van der Waals surface area contributed by atoms with Crippen molar-refractivity contribution >= 4 is 5.91 Å². The molecule has 0 atom stereocenters. The zero-order valence-electron chi connectivity index (χ0n) is 10.6. The summed E-state index contributed by atoms with van der Waals surface area (Å²) in [5.41, 5.74) is 0. The van der Waals surface area contributed by atoms with Crippen molar-refractivity contribution in [1.29, 1.82) is 0 Å². The fourth-order valence-corrected chi connectivity index (χ4v) is 2.51. The Balaban J connectivity index is 1.68. The first-order chi connectivity index (χ1) is 8.20. The van der Waals surface area contributed by atoms with Gasteiger partial charge in [0.1, 0.15) is 6.61 Å². The molecule has 0 aliphatic heterocycles. The lowest BCUT2D eigenvalue weighted by Gasteiger charge is -2.27. The van der Waals surface area contributed by atoms with E-state index in [0.717, 1.165) is 45.1 Å². The van der Waals surface area contributed by atoms with Gasteiger partial charge in [0.05, 0.1) is 12.2 Å². The van der Waals surface area contributed by atoms with Crippen LogP contribution >= 0.6 is 0 Å². The van der Waals surface area contributed by atoms with Gasteiger partial charge in [-0.15, -0.1) is 0 Å². The third-order valence-electron chi connectivity index (χ3n) is 3.73. The summed E-state index contributed by atoms with van der Waals surface area (Å²) < 4.78 is 5.65. The Morgan fingerprint density at radius 1 is 1.24 bits per heavy atom. The van der Waals surface area contributed by atoms with Crippen LogP contribution < -0.4 is 0 Å². The zero-order valence-corrected chi connectivity index (χ0v) is 10.6. The standard InChI is InChI=1S/C13H23NO3/c1-2-14(10-3-4-10)13(16)9-17-12-7-5-11(15)6-8-12/h10-12,15H,2-9H2,1H3. The molecular formula is C13H23NO3. The number of nitrogens with zero attached hydrogens (tertiary/aromatic N) is 1. The van der Waals surface area contributed by atoms with Gasteiger partial charge in [0.15, 0.2) is 0 Å². The van der Waals surface area contributed by atoms with Crippen molar-refractivity contribution in [3.63, 3.8) is 0 Å². The molecular weight excluding hydrogens is 218 g/mol. The predicted octanol–water partition coefficient (Wildman–Crippen LogP) is 1.32. The molecule has 2 saturated carbocycles. The van der Waals surface area contributed by atoms with E-state index in [1.165, 1.54) is 0 Å². The van der Waals surface area contributed by atoms with Gasteiger partial charge in [-0.2, -0.15) is 0 Å². The van der Waals surface area contributed by atoms with Gasteiger partial charge in [0.2, 0.25) is 5.91 Å². The predicted molar refractivity (Wildman–Crippen MR) is 64.6 cm³/mol. The molecule has 0 heterocycles. The lowest BCUT2D eigenvalue weighted by atomic mass is 9.95. The summed E-state index contributed by atoms with van der Waals surface area (Å²) in [5, 5.41) is 9.38. The van der Waals surface area contributed by atoms with E-state index >= 15 is 0 Å². The molecule has 0 bridgehead atoms. The number of aliphatic hydroxyl groups excluding tert-OH is 1. The van der Waals surface area contributed by atoms with Gasteiger partial charge in [-0.3, -0.25) is 4.79 Å². The van der Waals surface area contributed by atoms with Crippen molar-refractivity contribution in [2.75, 3.05) is 13.2 Å². The number of ether oxygens (including phenoxy) is 1. The molecule has 98 valence electrons. The van der Waals surface area contributed by atoms with Gasteiger partial charge in [0.25, 0.3) is 0 Å². The number of likely N-dealkylation sites (N-methyl/N-ethyl adjacent to an activating group) is 1. The lowest BCUT2D eigenvalue weighted by molar-refractivity contribution is -0.139. The average molecular weight is 241 g/mol. The fourth-order valence-electron chi connectivity index (χ4n) is 2.51. The Morgan fingerprint density at radius 3 is 2.41 bits per heavy atom. The second kappa shape index (κ2) is 5.83. The molecule has 2 aliphatic rings. The molecule has 2 aliphatic carbocycles. The lowest BCUT2D eigenvalue weighted by Crippen LogP contribution is -2.37. The first kappa shape index (κ1) is 12.8. The van der Waals surface area contributed by atoms with Gasteiger partial charge in [-0.05, 0) is 45.4 Å². The highest BCUT2D eigenvalue weighted by molar-refractivity contribution is 5.78. The highest BCUT2D eigenvalue weighted by Crippen LogP contribution is 2.27. The first-order valence-corrected chi connectivity index (χ1v) is 6.79. The Hall–Kier alpha value is -0.610. The minimum atomic E-state index is -0.163. The van der Waals surface area contributed by atoms with E-state index in [1.54, 1.807) is 0 Å². The maximum Gasteiger partial charge on any atom is 0.248 e. The molecule has 4 heteroatoms. The molecule has 0 unspecified atom stereocenters. The number of aliphatic hydroxyl groups is 1. The molecule has 17 heavy (non-hydrogen) atoms. The van der Waals surface area contributed by atoms with Crippen molar-refractivity contribution in [1.82, 2.24) is 4.90 Å². The van der Waals surface area contributed by atoms with Crippen molar-refractivity contribution in [2.24, 2.45) is 0 Å². The third kappa shape index (κ3) is 3.68. The van der Waals surface area contributed by atoms with E-state index < -0.39 is 0 Å². The normalized spacial score (nSPS) is 29.1. The highest BCUT2D eigenvalue weighted by atomic mass is 16.5. The number of carbonyl (C=O) groups excluding carboxylic acids is 1. The van der Waals surface area contributed by atoms with Crippen LogP contribution in [-0.2, 0) is 9.53 Å². The monoisotopic (exact) mass is 241 g/mol. The molecule has 0 radical (unpaired) electrons. The molecule has 0 aromatic heterocycles. The summed E-state index contributed by atoms with van der Waals surface area (Å²) in [6.07, 6.45) is 5.67. The van der Waals surface area contributed by atoms with E-state index in [1.807, 2.05) is 11.8 Å². The van der Waals surface area contributed by atoms with Crippen LogP contribution in [0.3, 0.4) is 0 Å². The largest absolute Gasteiger partial charge is 0.393 e. The Kier molecular flexibility index (Phi) is 4.40. The Bertz CT molecular complexity index is 257. The van der Waals surface area contributed by atoms with Crippen LogP contribution in [0.4, 0.5) is 0 Å². The number of rotatable bonds is 5. The summed E-state index contributed by atoms with van der Waals surface area (Å²) in [7, 11) is 0. The summed E-state index contributed by atoms with van der Waals surface area (Å²) >= 11 is 0. The smallest absolute Gasteiger partial charge is 0.248 e. The molecule has 1 amide bonds. The minimum Gasteiger partial charge on any atom is -0.393 e. The summed E-state index contributed by atoms with van der Waals surface area (Å²) in [5.74, 6) is 0.126. The zero-order chi connectivity index (χ0) is 12.3. The van der Waals surface area contributed by atoms with E-state index in [-0.39, 0.29) is 24.7 Å². The molecule has 2 rings (SSSR count). The van der Waals surface area contributed by atoms with E-state index in [4.69, 9.17) is 4.74 Å². The molecule has 2 fully saturated rings. The van der Waals surface area contributed by atoms with Gasteiger partial charge in [-0.25, -0.2) is 0 Å². The fraction of sp³-hybridized carbons (Fsp3) is 0.923. The van der Waals surface area contributed by atoms with Crippen LogP contribution in [0.25, 0.3) is 0 Å². The number of hydrogen-bond donors (Lipinski definition) is 1. The first-order valence-electron chi connectivity index (χ1n) is 6.79. The third-order valence-corrected chi connectivity index (χ3v) is 3.73. The van der Waals surface area contributed by atoms with Crippen LogP contribution in [-0.4, -0.2) is 47.3 Å². The quantitative estimate of drug-likeness (QED) is 0.789. The minimum absolute atomic E-state index is 0.126. The van der Waals surface area contributed by atoms with Crippen LogP contribution in [0.15, 0.2) is 0 Å². The highest BCUT2D eigenvalue weighted by Gasteiger charge is 2.31. The summed E-state index contributed by atoms with van der Waals surface area (Å²) in [6, 6.07) is 0.476. The van der Waals surface area contributed by atoms with E-state index in [9.17, 15) is 9.90 Å². The van der Waals surface area contributed by atoms with Crippen molar-refractivity contribution in [2.45, 2.75) is 63.7 Å². The molecule has 4 nitrogen and oxygen atoms in total. The molecule has 1 N–H and O–H groups in total. The number of amides is 1. The molecule has 0 spiro atoms. The van der Waals surface area contributed by atoms with Crippen molar-refractivity contribution in [3.05, 3.63) is 0 Å². The van der Waals surface area contributed by atoms with Crippen LogP contribution in [0.1, 0.15) is 45.4 Å². The Morgan fingerprint density at radius 2 is 1.88 bits per heavy atom. The molecule has 0 saturated heterocycles. The maximum atomic E-state index is 11.9. The summed E-state index contributed by atoms with van der Waals surface area (Å²) in [4.78, 5) is 13.8. The van der Waals surface area contributed by atoms with Gasteiger partial charge >= 0.3 is 0 Å². The van der Waals surface area contributed by atoms with Gasteiger partial charge in [0, 0.05) is 12.6 Å². The number of carbonyl (C=O) groups is 1.